The Hall–Kier alpha value is -4.23. The maximum Gasteiger partial charge on any atom is 0.254 e. The van der Waals surface area contributed by atoms with Gasteiger partial charge in [-0.05, 0) is 42.9 Å². The number of likely N-dealkylation sites (tertiary alicyclic amines) is 1. The first-order chi connectivity index (χ1) is 18.7. The molecule has 2 heterocycles. The highest BCUT2D eigenvalue weighted by molar-refractivity contribution is 6.02. The van der Waals surface area contributed by atoms with Gasteiger partial charge in [-0.2, -0.15) is 10.4 Å². The molecule has 10 heteroatoms. The number of carbonyl (C=O) groups is 2. The van der Waals surface area contributed by atoms with Gasteiger partial charge < -0.3 is 16.2 Å². The van der Waals surface area contributed by atoms with Crippen molar-refractivity contribution in [1.29, 1.82) is 5.26 Å². The monoisotopic (exact) mass is 530 g/mol. The number of phenols is 1. The highest BCUT2D eigenvalue weighted by Gasteiger charge is 2.47. The molecule has 2 unspecified atom stereocenters. The van der Waals surface area contributed by atoms with Gasteiger partial charge in [-0.25, -0.2) is 4.39 Å². The molecule has 2 fully saturated rings. The van der Waals surface area contributed by atoms with E-state index in [1.807, 2.05) is 54.3 Å². The van der Waals surface area contributed by atoms with Gasteiger partial charge in [0.25, 0.3) is 5.91 Å². The molecule has 202 valence electrons. The van der Waals surface area contributed by atoms with Crippen LogP contribution in [0.1, 0.15) is 47.2 Å². The first kappa shape index (κ1) is 26.4. The number of aromatic nitrogens is 2. The number of piperidine rings is 1. The summed E-state index contributed by atoms with van der Waals surface area (Å²) in [6.07, 6.45) is 1.48. The topological polar surface area (TPSA) is 137 Å². The number of nitrogens with one attached hydrogen (secondary N) is 1. The number of carbonyl (C=O) groups excluding carboxylic acids is 2. The minimum atomic E-state index is -1.49. The molecule has 3 aromatic rings. The molecule has 39 heavy (non-hydrogen) atoms. The molecule has 1 aromatic heterocycles. The summed E-state index contributed by atoms with van der Waals surface area (Å²) < 4.78 is 17.3. The molecule has 0 bridgehead atoms. The second-order valence-corrected chi connectivity index (χ2v) is 10.5. The lowest BCUT2D eigenvalue weighted by molar-refractivity contribution is -0.117. The number of halogens is 1. The van der Waals surface area contributed by atoms with E-state index in [4.69, 9.17) is 5.73 Å². The van der Waals surface area contributed by atoms with Gasteiger partial charge in [0, 0.05) is 37.3 Å². The number of anilines is 1. The van der Waals surface area contributed by atoms with Crippen LogP contribution < -0.4 is 11.1 Å². The van der Waals surface area contributed by atoms with Gasteiger partial charge in [0.2, 0.25) is 5.91 Å². The van der Waals surface area contributed by atoms with Crippen LogP contribution in [0, 0.1) is 24.2 Å². The minimum absolute atomic E-state index is 0.00375. The van der Waals surface area contributed by atoms with E-state index in [2.05, 4.69) is 16.5 Å². The third-order valence-electron chi connectivity index (χ3n) is 7.90. The number of nitriles is 1. The number of nitrogens with two attached hydrogens (primary N) is 1. The molecule has 0 radical (unpaired) electrons. The van der Waals surface area contributed by atoms with Crippen molar-refractivity contribution in [1.82, 2.24) is 14.7 Å². The number of primary amides is 1. The van der Waals surface area contributed by atoms with Crippen molar-refractivity contribution < 1.29 is 19.1 Å². The molecule has 2 aliphatic rings. The van der Waals surface area contributed by atoms with Crippen LogP contribution in [0.2, 0.25) is 0 Å². The van der Waals surface area contributed by atoms with E-state index in [0.29, 0.717) is 13.1 Å². The van der Waals surface area contributed by atoms with Crippen LogP contribution in [0.3, 0.4) is 0 Å². The minimum Gasteiger partial charge on any atom is -0.507 e. The molecule has 9 nitrogen and oxygen atoms in total. The van der Waals surface area contributed by atoms with E-state index in [-0.39, 0.29) is 48.3 Å². The summed E-state index contributed by atoms with van der Waals surface area (Å²) >= 11 is 0. The fourth-order valence-corrected chi connectivity index (χ4v) is 5.26. The number of amides is 2. The first-order valence-electron chi connectivity index (χ1n) is 13.0. The number of hydrogen-bond acceptors (Lipinski definition) is 6. The van der Waals surface area contributed by atoms with Crippen molar-refractivity contribution >= 4 is 17.6 Å². The SMILES string of the molecule is Cc1c(CN2CCC(CC#N)(n3cc(C(N)=O)c(NC(=O)C4CC4)n3)C(F)C2)ccc(-c2ccccc2)c1O. The van der Waals surface area contributed by atoms with Crippen molar-refractivity contribution in [2.24, 2.45) is 11.7 Å². The van der Waals surface area contributed by atoms with Gasteiger partial charge >= 0.3 is 0 Å². The van der Waals surface area contributed by atoms with Crippen LogP contribution in [-0.4, -0.2) is 50.9 Å². The Morgan fingerprint density at radius 2 is 2.00 bits per heavy atom. The zero-order valence-corrected chi connectivity index (χ0v) is 21.7. The zero-order valence-electron chi connectivity index (χ0n) is 21.7. The van der Waals surface area contributed by atoms with Gasteiger partial charge in [0.15, 0.2) is 5.82 Å². The van der Waals surface area contributed by atoms with Crippen LogP contribution in [0.5, 0.6) is 5.75 Å². The lowest BCUT2D eigenvalue weighted by atomic mass is 9.83. The number of aromatic hydroxyl groups is 1. The predicted octanol–water partition coefficient (Wildman–Crippen LogP) is 3.86. The number of rotatable bonds is 8. The summed E-state index contributed by atoms with van der Waals surface area (Å²) in [5.41, 5.74) is 7.46. The van der Waals surface area contributed by atoms with Crippen LogP contribution in [-0.2, 0) is 16.9 Å². The van der Waals surface area contributed by atoms with E-state index >= 15 is 4.39 Å². The van der Waals surface area contributed by atoms with Crippen LogP contribution in [0.15, 0.2) is 48.7 Å². The zero-order chi connectivity index (χ0) is 27.7. The number of alkyl halides is 1. The quantitative estimate of drug-likeness (QED) is 0.404. The van der Waals surface area contributed by atoms with Crippen molar-refractivity contribution in [3.8, 4) is 22.9 Å². The van der Waals surface area contributed by atoms with E-state index in [0.717, 1.165) is 35.1 Å². The second kappa shape index (κ2) is 10.5. The second-order valence-electron chi connectivity index (χ2n) is 10.5. The molecule has 1 saturated heterocycles. The Morgan fingerprint density at radius 3 is 2.64 bits per heavy atom. The number of phenolic OH excluding ortho intramolecular Hbond substituents is 1. The summed E-state index contributed by atoms with van der Waals surface area (Å²) in [6.45, 7) is 2.75. The van der Waals surface area contributed by atoms with Crippen molar-refractivity contribution in [2.45, 2.75) is 50.9 Å². The molecule has 2 atom stereocenters. The van der Waals surface area contributed by atoms with Crippen molar-refractivity contribution in [3.63, 3.8) is 0 Å². The van der Waals surface area contributed by atoms with E-state index in [1.165, 1.54) is 10.9 Å². The van der Waals surface area contributed by atoms with E-state index in [9.17, 15) is 20.0 Å². The van der Waals surface area contributed by atoms with Gasteiger partial charge in [-0.3, -0.25) is 19.2 Å². The lowest BCUT2D eigenvalue weighted by Gasteiger charge is -2.43. The average Bonchev–Trinajstić information content (AvgIpc) is 3.69. The molecule has 1 saturated carbocycles. The van der Waals surface area contributed by atoms with Gasteiger partial charge in [-0.15, -0.1) is 0 Å². The maximum atomic E-state index is 16.0. The average molecular weight is 531 g/mol. The molecule has 1 aliphatic carbocycles. The molecular formula is C29H31FN6O3. The fraction of sp³-hybridized carbons (Fsp3) is 0.379. The van der Waals surface area contributed by atoms with Gasteiger partial charge in [-0.1, -0.05) is 42.5 Å². The smallest absolute Gasteiger partial charge is 0.254 e. The third kappa shape index (κ3) is 5.10. The van der Waals surface area contributed by atoms with Gasteiger partial charge in [0.05, 0.1) is 12.5 Å². The van der Waals surface area contributed by atoms with Crippen LogP contribution in [0.4, 0.5) is 10.2 Å². The Morgan fingerprint density at radius 1 is 1.26 bits per heavy atom. The highest BCUT2D eigenvalue weighted by atomic mass is 19.1. The molecule has 2 amide bonds. The molecule has 5 rings (SSSR count). The Balaban J connectivity index is 1.36. The largest absolute Gasteiger partial charge is 0.507 e. The lowest BCUT2D eigenvalue weighted by Crippen LogP contribution is -2.54. The normalized spacial score (nSPS) is 21.3. The molecule has 1 aliphatic heterocycles. The molecular weight excluding hydrogens is 499 g/mol. The number of hydrogen-bond donors (Lipinski definition) is 3. The van der Waals surface area contributed by atoms with E-state index in [1.54, 1.807) is 0 Å². The standard InChI is InChI=1S/C29H31FN6O3/c1-18-21(9-10-22(25(18)37)19-5-3-2-4-6-19)15-35-14-12-29(11-13-31,24(30)17-35)36-16-23(26(32)38)27(34-36)33-28(39)20-7-8-20/h2-6,9-10,16,20,24,37H,7-8,11-12,14-15,17H2,1H3,(H2,32,38)(H,33,34,39). The van der Waals surface area contributed by atoms with E-state index < -0.39 is 17.6 Å². The summed E-state index contributed by atoms with van der Waals surface area (Å²) in [6, 6.07) is 15.5. The summed E-state index contributed by atoms with van der Waals surface area (Å²) in [5.74, 6) is -0.966. The number of nitrogens with zero attached hydrogens (tertiary/aromatic N) is 4. The van der Waals surface area contributed by atoms with Crippen molar-refractivity contribution in [2.75, 3.05) is 18.4 Å². The molecule has 2 aromatic carbocycles. The first-order valence-corrected chi connectivity index (χ1v) is 13.0. The van der Waals surface area contributed by atoms with Crippen molar-refractivity contribution in [3.05, 3.63) is 65.4 Å². The summed E-state index contributed by atoms with van der Waals surface area (Å²) in [7, 11) is 0. The summed E-state index contributed by atoms with van der Waals surface area (Å²) in [5, 5.41) is 27.5. The van der Waals surface area contributed by atoms with Crippen LogP contribution in [0.25, 0.3) is 11.1 Å². The Kier molecular flexibility index (Phi) is 7.10. The third-order valence-corrected chi connectivity index (χ3v) is 7.90. The van der Waals surface area contributed by atoms with Gasteiger partial charge in [0.1, 0.15) is 23.0 Å². The maximum absolute atomic E-state index is 16.0. The number of benzene rings is 2. The Bertz CT molecular complexity index is 1450. The molecule has 0 spiro atoms. The molecule has 4 N–H and O–H groups in total. The fourth-order valence-electron chi connectivity index (χ4n) is 5.26. The predicted molar refractivity (Wildman–Crippen MR) is 143 cm³/mol. The Labute approximate surface area is 226 Å². The highest BCUT2D eigenvalue weighted by Crippen LogP contribution is 2.39. The van der Waals surface area contributed by atoms with Crippen LogP contribution >= 0.6 is 0 Å². The summed E-state index contributed by atoms with van der Waals surface area (Å²) in [4.78, 5) is 26.3.